The zero-order chi connectivity index (χ0) is 6.41. The maximum atomic E-state index is 5.48. The molecule has 0 aromatic carbocycles. The molecule has 0 unspecified atom stereocenters. The van der Waals surface area contributed by atoms with Crippen LogP contribution in [0.2, 0.25) is 0 Å². The summed E-state index contributed by atoms with van der Waals surface area (Å²) in [4.78, 5) is 0. The molecule has 2 heteroatoms. The molecule has 0 radical (unpaired) electrons. The fourth-order valence-corrected chi connectivity index (χ4v) is 0.407. The second-order valence-corrected chi connectivity index (χ2v) is 1.80. The van der Waals surface area contributed by atoms with Crippen molar-refractivity contribution in [1.82, 2.24) is 0 Å². The number of hydrogen-bond donors (Lipinski definition) is 2. The van der Waals surface area contributed by atoms with Crippen molar-refractivity contribution in [3.05, 3.63) is 12.2 Å². The van der Waals surface area contributed by atoms with E-state index in [0.29, 0.717) is 6.54 Å². The van der Waals surface area contributed by atoms with E-state index in [1.54, 1.807) is 0 Å². The summed E-state index contributed by atoms with van der Waals surface area (Å²) in [5.74, 6) is 0. The van der Waals surface area contributed by atoms with Gasteiger partial charge >= 0.3 is 0 Å². The van der Waals surface area contributed by atoms with Gasteiger partial charge in [-0.15, -0.1) is 0 Å². The maximum Gasteiger partial charge on any atom is 0.0197 e. The zero-order valence-corrected chi connectivity index (χ0v) is 5.30. The molecule has 4 N–H and O–H groups in total. The number of nitrogens with two attached hydrogens (primary N) is 2. The van der Waals surface area contributed by atoms with Crippen molar-refractivity contribution in [1.29, 1.82) is 0 Å². The zero-order valence-electron chi connectivity index (χ0n) is 5.30. The summed E-state index contributed by atoms with van der Waals surface area (Å²) in [7, 11) is 0. The van der Waals surface area contributed by atoms with Crippen LogP contribution in [0.3, 0.4) is 0 Å². The van der Waals surface area contributed by atoms with Crippen molar-refractivity contribution < 1.29 is 0 Å². The first-order chi connectivity index (χ1) is 3.81. The van der Waals surface area contributed by atoms with E-state index in [0.717, 1.165) is 6.42 Å². The topological polar surface area (TPSA) is 52.0 Å². The van der Waals surface area contributed by atoms with Crippen molar-refractivity contribution in [2.24, 2.45) is 11.5 Å². The van der Waals surface area contributed by atoms with Crippen LogP contribution in [0.1, 0.15) is 13.3 Å². The summed E-state index contributed by atoms with van der Waals surface area (Å²) < 4.78 is 0. The molecule has 0 saturated carbocycles. The highest BCUT2D eigenvalue weighted by atomic mass is 14.7. The molecule has 0 aromatic rings. The number of allylic oxidation sites excluding steroid dienone is 1. The molecule has 0 rings (SSSR count). The van der Waals surface area contributed by atoms with Crippen LogP contribution >= 0.6 is 0 Å². The lowest BCUT2D eigenvalue weighted by Gasteiger charge is -2.01. The molecule has 2 nitrogen and oxygen atoms in total. The Morgan fingerprint density at radius 1 is 1.62 bits per heavy atom. The van der Waals surface area contributed by atoms with Crippen molar-refractivity contribution >= 4 is 0 Å². The predicted octanol–water partition coefficient (Wildman–Crippen LogP) is 0.239. The monoisotopic (exact) mass is 114 g/mol. The predicted molar refractivity (Wildman–Crippen MR) is 36.5 cm³/mol. The molecule has 0 aromatic heterocycles. The van der Waals surface area contributed by atoms with Gasteiger partial charge in [0.2, 0.25) is 0 Å². The van der Waals surface area contributed by atoms with Gasteiger partial charge in [0.1, 0.15) is 0 Å². The van der Waals surface area contributed by atoms with Crippen LogP contribution in [0.4, 0.5) is 0 Å². The van der Waals surface area contributed by atoms with Crippen molar-refractivity contribution in [3.63, 3.8) is 0 Å². The van der Waals surface area contributed by atoms with Crippen LogP contribution in [0.5, 0.6) is 0 Å². The third-order valence-corrected chi connectivity index (χ3v) is 0.977. The molecular weight excluding hydrogens is 100 g/mol. The first-order valence-corrected chi connectivity index (χ1v) is 2.88. The van der Waals surface area contributed by atoms with Crippen LogP contribution < -0.4 is 11.5 Å². The van der Waals surface area contributed by atoms with E-state index in [4.69, 9.17) is 11.5 Å². The average molecular weight is 114 g/mol. The lowest BCUT2D eigenvalue weighted by atomic mass is 10.2. The lowest BCUT2D eigenvalue weighted by molar-refractivity contribution is 0.693. The molecule has 0 spiro atoms. The van der Waals surface area contributed by atoms with E-state index in [1.807, 2.05) is 19.1 Å². The van der Waals surface area contributed by atoms with Crippen molar-refractivity contribution in [2.45, 2.75) is 19.4 Å². The summed E-state index contributed by atoms with van der Waals surface area (Å²) in [5, 5.41) is 0. The Balaban J connectivity index is 3.10. The summed E-state index contributed by atoms with van der Waals surface area (Å²) in [5.41, 5.74) is 10.7. The molecule has 8 heavy (non-hydrogen) atoms. The Bertz CT molecular complexity index is 68.9. The van der Waals surface area contributed by atoms with Crippen LogP contribution in [0.15, 0.2) is 12.2 Å². The Morgan fingerprint density at radius 3 is 2.62 bits per heavy atom. The van der Waals surface area contributed by atoms with Gasteiger partial charge < -0.3 is 11.5 Å². The molecule has 0 saturated heterocycles. The first-order valence-electron chi connectivity index (χ1n) is 2.88. The van der Waals surface area contributed by atoms with Crippen LogP contribution in [-0.2, 0) is 0 Å². The number of rotatable bonds is 3. The normalized spacial score (nSPS) is 14.9. The molecule has 0 aliphatic carbocycles. The van der Waals surface area contributed by atoms with Crippen LogP contribution in [0, 0.1) is 0 Å². The van der Waals surface area contributed by atoms with E-state index >= 15 is 0 Å². The van der Waals surface area contributed by atoms with Gasteiger partial charge in [-0.05, 0) is 13.3 Å². The molecule has 0 amide bonds. The number of hydrogen-bond acceptors (Lipinski definition) is 2. The van der Waals surface area contributed by atoms with Crippen LogP contribution in [0.25, 0.3) is 0 Å². The van der Waals surface area contributed by atoms with Gasteiger partial charge in [-0.3, -0.25) is 0 Å². The van der Waals surface area contributed by atoms with E-state index in [9.17, 15) is 0 Å². The Kier molecular flexibility index (Phi) is 4.61. The molecule has 0 aliphatic rings. The van der Waals surface area contributed by atoms with Gasteiger partial charge in [0.05, 0.1) is 0 Å². The standard InChI is InChI=1S/C6H14N2/c1-2-3-4-6(8)5-7/h2-3,6H,4-5,7-8H2,1H3/b3-2+/t6-/m0/s1. The summed E-state index contributed by atoms with van der Waals surface area (Å²) in [6.07, 6.45) is 4.90. The Labute approximate surface area is 50.6 Å². The third kappa shape index (κ3) is 3.84. The highest BCUT2D eigenvalue weighted by Gasteiger charge is 1.91. The largest absolute Gasteiger partial charge is 0.329 e. The van der Waals surface area contributed by atoms with Gasteiger partial charge in [0, 0.05) is 12.6 Å². The van der Waals surface area contributed by atoms with Crippen molar-refractivity contribution in [2.75, 3.05) is 6.54 Å². The molecule has 0 aliphatic heterocycles. The van der Waals surface area contributed by atoms with Gasteiger partial charge in [-0.2, -0.15) is 0 Å². The quantitative estimate of drug-likeness (QED) is 0.516. The van der Waals surface area contributed by atoms with E-state index in [-0.39, 0.29) is 6.04 Å². The highest BCUT2D eigenvalue weighted by molar-refractivity contribution is 4.81. The second-order valence-electron chi connectivity index (χ2n) is 1.80. The Hall–Kier alpha value is -0.340. The minimum atomic E-state index is 0.145. The molecule has 0 bridgehead atoms. The molecule has 0 fully saturated rings. The highest BCUT2D eigenvalue weighted by Crippen LogP contribution is 1.85. The lowest BCUT2D eigenvalue weighted by Crippen LogP contribution is -2.28. The fraction of sp³-hybridized carbons (Fsp3) is 0.667. The Morgan fingerprint density at radius 2 is 2.25 bits per heavy atom. The molecule has 1 atom stereocenters. The van der Waals surface area contributed by atoms with Gasteiger partial charge in [-0.25, -0.2) is 0 Å². The van der Waals surface area contributed by atoms with E-state index in [1.165, 1.54) is 0 Å². The van der Waals surface area contributed by atoms with E-state index in [2.05, 4.69) is 0 Å². The second kappa shape index (κ2) is 4.81. The minimum Gasteiger partial charge on any atom is -0.329 e. The third-order valence-electron chi connectivity index (χ3n) is 0.977. The molecular formula is C6H14N2. The van der Waals surface area contributed by atoms with Crippen molar-refractivity contribution in [3.8, 4) is 0 Å². The van der Waals surface area contributed by atoms with Gasteiger partial charge in [0.15, 0.2) is 0 Å². The first kappa shape index (κ1) is 7.66. The molecule has 48 valence electrons. The summed E-state index contributed by atoms with van der Waals surface area (Å²) in [6.45, 7) is 2.55. The van der Waals surface area contributed by atoms with E-state index < -0.39 is 0 Å². The van der Waals surface area contributed by atoms with Gasteiger partial charge in [0.25, 0.3) is 0 Å². The summed E-state index contributed by atoms with van der Waals surface area (Å²) >= 11 is 0. The molecule has 0 heterocycles. The minimum absolute atomic E-state index is 0.145. The summed E-state index contributed by atoms with van der Waals surface area (Å²) in [6, 6.07) is 0.145. The van der Waals surface area contributed by atoms with Crippen LogP contribution in [-0.4, -0.2) is 12.6 Å². The van der Waals surface area contributed by atoms with Gasteiger partial charge in [-0.1, -0.05) is 12.2 Å². The average Bonchev–Trinajstić information content (AvgIpc) is 1.83. The SMILES string of the molecule is C/C=C/C[C@H](N)CN. The maximum absolute atomic E-state index is 5.48. The fourth-order valence-electron chi connectivity index (χ4n) is 0.407. The smallest absolute Gasteiger partial charge is 0.0197 e.